The highest BCUT2D eigenvalue weighted by molar-refractivity contribution is 6.30. The van der Waals surface area contributed by atoms with E-state index < -0.39 is 0 Å². The van der Waals surface area contributed by atoms with Crippen molar-refractivity contribution in [3.8, 4) is 0 Å². The second-order valence-corrected chi connectivity index (χ2v) is 6.98. The number of benzene rings is 1. The molecule has 0 atom stereocenters. The Morgan fingerprint density at radius 2 is 1.72 bits per heavy atom. The minimum Gasteiger partial charge on any atom is -0.378 e. The van der Waals surface area contributed by atoms with E-state index in [9.17, 15) is 9.59 Å². The Hall–Kier alpha value is -1.63. The molecule has 0 spiro atoms. The van der Waals surface area contributed by atoms with Gasteiger partial charge in [-0.15, -0.1) is 0 Å². The van der Waals surface area contributed by atoms with Gasteiger partial charge in [-0.25, -0.2) is 0 Å². The first-order chi connectivity index (χ1) is 12.1. The molecule has 3 rings (SSSR count). The van der Waals surface area contributed by atoms with Crippen LogP contribution in [0.2, 0.25) is 5.02 Å². The highest BCUT2D eigenvalue weighted by atomic mass is 35.5. The average molecular weight is 366 g/mol. The molecule has 2 aliphatic heterocycles. The molecule has 0 aromatic heterocycles. The predicted molar refractivity (Wildman–Crippen MR) is 96.6 cm³/mol. The highest BCUT2D eigenvalue weighted by Crippen LogP contribution is 2.20. The van der Waals surface area contributed by atoms with Crippen LogP contribution >= 0.6 is 11.6 Å². The summed E-state index contributed by atoms with van der Waals surface area (Å²) in [7, 11) is 0. The Labute approximate surface area is 153 Å². The van der Waals surface area contributed by atoms with E-state index in [4.69, 9.17) is 16.3 Å². The van der Waals surface area contributed by atoms with Crippen LogP contribution in [-0.4, -0.2) is 67.6 Å². The van der Waals surface area contributed by atoms with Gasteiger partial charge in [0.2, 0.25) is 11.8 Å². The van der Waals surface area contributed by atoms with E-state index in [1.165, 1.54) is 0 Å². The van der Waals surface area contributed by atoms with Gasteiger partial charge < -0.3 is 15.0 Å². The topological polar surface area (TPSA) is 61.9 Å². The largest absolute Gasteiger partial charge is 0.378 e. The average Bonchev–Trinajstić information content (AvgIpc) is 2.64. The Morgan fingerprint density at radius 1 is 1.08 bits per heavy atom. The fourth-order valence-electron chi connectivity index (χ4n) is 3.32. The molecule has 2 aliphatic rings. The van der Waals surface area contributed by atoms with Gasteiger partial charge in [-0.2, -0.15) is 0 Å². The van der Waals surface area contributed by atoms with Gasteiger partial charge >= 0.3 is 0 Å². The fraction of sp³-hybridized carbons (Fsp3) is 0.556. The molecule has 0 bridgehead atoms. The number of nitrogens with one attached hydrogen (secondary N) is 1. The Kier molecular flexibility index (Phi) is 6.29. The molecule has 2 fully saturated rings. The first-order valence-corrected chi connectivity index (χ1v) is 9.14. The lowest BCUT2D eigenvalue weighted by Crippen LogP contribution is -2.47. The van der Waals surface area contributed by atoms with E-state index in [1.807, 2.05) is 4.90 Å². The Morgan fingerprint density at radius 3 is 2.36 bits per heavy atom. The molecular formula is C18H24ClN3O3. The number of nitrogens with zero attached hydrogens (tertiary/aromatic N) is 2. The van der Waals surface area contributed by atoms with Crippen molar-refractivity contribution in [2.24, 2.45) is 5.92 Å². The lowest BCUT2D eigenvalue weighted by Gasteiger charge is -2.35. The molecular weight excluding hydrogens is 342 g/mol. The number of morpholine rings is 1. The molecule has 6 nitrogen and oxygen atoms in total. The summed E-state index contributed by atoms with van der Waals surface area (Å²) in [4.78, 5) is 28.7. The second kappa shape index (κ2) is 8.65. The summed E-state index contributed by atoms with van der Waals surface area (Å²) >= 11 is 5.84. The lowest BCUT2D eigenvalue weighted by molar-refractivity contribution is -0.141. The van der Waals surface area contributed by atoms with Crippen molar-refractivity contribution in [1.29, 1.82) is 0 Å². The first kappa shape index (κ1) is 18.2. The maximum atomic E-state index is 12.5. The Balaban J connectivity index is 1.41. The zero-order valence-corrected chi connectivity index (χ0v) is 15.0. The predicted octanol–water partition coefficient (Wildman–Crippen LogP) is 1.85. The van der Waals surface area contributed by atoms with Crippen LogP contribution in [0.3, 0.4) is 0 Å². The molecule has 0 unspecified atom stereocenters. The summed E-state index contributed by atoms with van der Waals surface area (Å²) < 4.78 is 5.30. The number of rotatable bonds is 4. The number of amides is 2. The van der Waals surface area contributed by atoms with Crippen molar-refractivity contribution in [2.45, 2.75) is 12.8 Å². The maximum absolute atomic E-state index is 12.5. The SMILES string of the molecule is O=C(CN1CCC(C(=O)N2CCOCC2)CC1)Nc1ccc(Cl)cc1. The molecule has 1 N–H and O–H groups in total. The van der Waals surface area contributed by atoms with Crippen LogP contribution in [-0.2, 0) is 14.3 Å². The lowest BCUT2D eigenvalue weighted by atomic mass is 9.95. The van der Waals surface area contributed by atoms with Crippen LogP contribution in [0.4, 0.5) is 5.69 Å². The van der Waals surface area contributed by atoms with Crippen molar-refractivity contribution in [2.75, 3.05) is 51.3 Å². The summed E-state index contributed by atoms with van der Waals surface area (Å²) in [5.41, 5.74) is 0.742. The van der Waals surface area contributed by atoms with Gasteiger partial charge in [-0.3, -0.25) is 14.5 Å². The van der Waals surface area contributed by atoms with E-state index in [1.54, 1.807) is 24.3 Å². The third-order valence-corrected chi connectivity index (χ3v) is 5.01. The number of halogens is 1. The molecule has 7 heteroatoms. The smallest absolute Gasteiger partial charge is 0.238 e. The standard InChI is InChI=1S/C18H24ClN3O3/c19-15-1-3-16(4-2-15)20-17(23)13-21-7-5-14(6-8-21)18(24)22-9-11-25-12-10-22/h1-4,14H,5-13H2,(H,20,23). The third kappa shape index (κ3) is 5.17. The van der Waals surface area contributed by atoms with Crippen LogP contribution in [0.25, 0.3) is 0 Å². The normalized spacial score (nSPS) is 19.6. The van der Waals surface area contributed by atoms with Crippen LogP contribution in [0.5, 0.6) is 0 Å². The summed E-state index contributed by atoms with van der Waals surface area (Å²) in [5, 5.41) is 3.52. The van der Waals surface area contributed by atoms with Crippen molar-refractivity contribution in [3.05, 3.63) is 29.3 Å². The maximum Gasteiger partial charge on any atom is 0.238 e. The second-order valence-electron chi connectivity index (χ2n) is 6.54. The number of hydrogen-bond donors (Lipinski definition) is 1. The van der Waals surface area contributed by atoms with Gasteiger partial charge in [0.15, 0.2) is 0 Å². The summed E-state index contributed by atoms with van der Waals surface area (Å²) in [6.07, 6.45) is 1.62. The van der Waals surface area contributed by atoms with E-state index in [2.05, 4.69) is 10.2 Å². The molecule has 2 amide bonds. The van der Waals surface area contributed by atoms with Crippen LogP contribution in [0.1, 0.15) is 12.8 Å². The van der Waals surface area contributed by atoms with Gasteiger partial charge in [-0.05, 0) is 50.2 Å². The quantitative estimate of drug-likeness (QED) is 0.884. The number of piperidine rings is 1. The van der Waals surface area contributed by atoms with E-state index >= 15 is 0 Å². The van der Waals surface area contributed by atoms with Crippen LogP contribution < -0.4 is 5.32 Å². The summed E-state index contributed by atoms with van der Waals surface area (Å²) in [6, 6.07) is 7.07. The zero-order chi connectivity index (χ0) is 17.6. The van der Waals surface area contributed by atoms with Gasteiger partial charge in [-0.1, -0.05) is 11.6 Å². The minimum absolute atomic E-state index is 0.0414. The molecule has 2 heterocycles. The molecule has 1 aromatic carbocycles. The number of carbonyl (C=O) groups is 2. The molecule has 25 heavy (non-hydrogen) atoms. The molecule has 0 radical (unpaired) electrons. The van der Waals surface area contributed by atoms with Crippen molar-refractivity contribution >= 4 is 29.1 Å². The molecule has 0 saturated carbocycles. The molecule has 1 aromatic rings. The summed E-state index contributed by atoms with van der Waals surface area (Å²) in [6.45, 7) is 4.56. The highest BCUT2D eigenvalue weighted by Gasteiger charge is 2.29. The van der Waals surface area contributed by atoms with E-state index in [-0.39, 0.29) is 17.7 Å². The molecule has 0 aliphatic carbocycles. The first-order valence-electron chi connectivity index (χ1n) is 8.76. The van der Waals surface area contributed by atoms with Gasteiger partial charge in [0.25, 0.3) is 0 Å². The number of likely N-dealkylation sites (tertiary alicyclic amines) is 1. The molecule has 2 saturated heterocycles. The van der Waals surface area contributed by atoms with Gasteiger partial charge in [0.1, 0.15) is 0 Å². The zero-order valence-electron chi connectivity index (χ0n) is 14.2. The number of hydrogen-bond acceptors (Lipinski definition) is 4. The van der Waals surface area contributed by atoms with Gasteiger partial charge in [0, 0.05) is 29.7 Å². The fourth-order valence-corrected chi connectivity index (χ4v) is 3.44. The number of anilines is 1. The number of carbonyl (C=O) groups excluding carboxylic acids is 2. The van der Waals surface area contributed by atoms with E-state index in [0.29, 0.717) is 37.9 Å². The summed E-state index contributed by atoms with van der Waals surface area (Å²) in [5.74, 6) is 0.280. The minimum atomic E-state index is -0.0414. The van der Waals surface area contributed by atoms with Crippen LogP contribution in [0, 0.1) is 5.92 Å². The van der Waals surface area contributed by atoms with Crippen molar-refractivity contribution in [3.63, 3.8) is 0 Å². The van der Waals surface area contributed by atoms with Gasteiger partial charge in [0.05, 0.1) is 19.8 Å². The third-order valence-electron chi connectivity index (χ3n) is 4.75. The Bertz CT molecular complexity index is 594. The monoisotopic (exact) mass is 365 g/mol. The van der Waals surface area contributed by atoms with Crippen molar-refractivity contribution in [1.82, 2.24) is 9.80 Å². The van der Waals surface area contributed by atoms with E-state index in [0.717, 1.165) is 31.6 Å². The van der Waals surface area contributed by atoms with Crippen LogP contribution in [0.15, 0.2) is 24.3 Å². The number of ether oxygens (including phenoxy) is 1. The molecule has 136 valence electrons. The van der Waals surface area contributed by atoms with Crippen molar-refractivity contribution < 1.29 is 14.3 Å².